The van der Waals surface area contributed by atoms with Crippen LogP contribution < -0.4 is 0 Å². The van der Waals surface area contributed by atoms with Crippen LogP contribution in [0.3, 0.4) is 0 Å². The first-order valence-electron chi connectivity index (χ1n) is 4.11. The molecule has 2 nitrogen and oxygen atoms in total. The third-order valence-electron chi connectivity index (χ3n) is 1.65. The number of hydrogen-bond donors (Lipinski definition) is 0. The van der Waals surface area contributed by atoms with Crippen molar-refractivity contribution in [1.82, 2.24) is 0 Å². The number of carbonyl (C=O) groups is 1. The molecule has 0 fully saturated rings. The zero-order valence-electron chi connectivity index (χ0n) is 7.60. The summed E-state index contributed by atoms with van der Waals surface area (Å²) in [5.74, 6) is -0.433. The Balaban J connectivity index is 2.66. The fourth-order valence-electron chi connectivity index (χ4n) is 0.954. The van der Waals surface area contributed by atoms with Gasteiger partial charge >= 0.3 is 5.97 Å². The average molecular weight is 206 g/mol. The van der Waals surface area contributed by atoms with E-state index < -0.39 is 5.97 Å². The predicted molar refractivity (Wildman–Crippen MR) is 60.1 cm³/mol. The fourth-order valence-corrected chi connectivity index (χ4v) is 1.02. The van der Waals surface area contributed by atoms with Crippen LogP contribution in [0.15, 0.2) is 36.9 Å². The van der Waals surface area contributed by atoms with Crippen molar-refractivity contribution in [3.8, 4) is 0 Å². The molecule has 0 saturated carbocycles. The maximum absolute atomic E-state index is 11.3. The van der Waals surface area contributed by atoms with E-state index in [9.17, 15) is 4.79 Å². The fraction of sp³-hybridized carbons (Fsp3) is 0.0909. The summed E-state index contributed by atoms with van der Waals surface area (Å²) in [5.41, 5.74) is 1.12. The van der Waals surface area contributed by atoms with Gasteiger partial charge in [-0.15, -0.1) is 0 Å². The van der Waals surface area contributed by atoms with E-state index in [-0.39, 0.29) is 6.61 Å². The highest BCUT2D eigenvalue weighted by Gasteiger charge is 2.09. The standard InChI is InChI=1S/C11H10O2S/c1-9(11(12)13-7-8-14)10-5-3-2-4-6-10/h2-6,8H,1,7H2. The number of benzene rings is 1. The third-order valence-corrected chi connectivity index (χ3v) is 1.79. The number of hydrogen-bond acceptors (Lipinski definition) is 3. The summed E-state index contributed by atoms with van der Waals surface area (Å²) in [7, 11) is 0. The van der Waals surface area contributed by atoms with Crippen LogP contribution in [0.1, 0.15) is 5.56 Å². The molecule has 0 radical (unpaired) electrons. The van der Waals surface area contributed by atoms with Crippen LogP contribution in [0.2, 0.25) is 0 Å². The predicted octanol–water partition coefficient (Wildman–Crippen LogP) is 2.24. The van der Waals surface area contributed by atoms with Crippen LogP contribution in [0.5, 0.6) is 0 Å². The lowest BCUT2D eigenvalue weighted by Gasteiger charge is -2.04. The van der Waals surface area contributed by atoms with Crippen molar-refractivity contribution in [2.75, 3.05) is 6.61 Å². The molecule has 0 aliphatic carbocycles. The number of thiocarbonyl (C=S) groups is 1. The summed E-state index contributed by atoms with van der Waals surface area (Å²) in [6, 6.07) is 9.17. The Labute approximate surface area is 88.2 Å². The molecule has 1 aromatic carbocycles. The lowest BCUT2D eigenvalue weighted by molar-refractivity contribution is -0.134. The van der Waals surface area contributed by atoms with E-state index in [2.05, 4.69) is 18.8 Å². The maximum atomic E-state index is 11.3. The molecule has 14 heavy (non-hydrogen) atoms. The largest absolute Gasteiger partial charge is 0.457 e. The van der Waals surface area contributed by atoms with Crippen molar-refractivity contribution in [2.24, 2.45) is 0 Å². The minimum Gasteiger partial charge on any atom is -0.457 e. The van der Waals surface area contributed by atoms with Crippen LogP contribution in [0.4, 0.5) is 0 Å². The van der Waals surface area contributed by atoms with Crippen LogP contribution in [-0.2, 0) is 9.53 Å². The van der Waals surface area contributed by atoms with Gasteiger partial charge < -0.3 is 4.74 Å². The molecule has 0 aliphatic heterocycles. The Morgan fingerprint density at radius 2 is 2.07 bits per heavy atom. The first kappa shape index (κ1) is 10.6. The Hall–Kier alpha value is -1.48. The smallest absolute Gasteiger partial charge is 0.338 e. The summed E-state index contributed by atoms with van der Waals surface area (Å²) < 4.78 is 4.81. The van der Waals surface area contributed by atoms with Gasteiger partial charge in [0.2, 0.25) is 0 Å². The number of ether oxygens (including phenoxy) is 1. The van der Waals surface area contributed by atoms with Gasteiger partial charge in [0.1, 0.15) is 6.61 Å². The molecule has 0 aliphatic rings. The Bertz CT molecular complexity index is 344. The molecule has 0 N–H and O–H groups in total. The van der Waals surface area contributed by atoms with Gasteiger partial charge in [0.15, 0.2) is 0 Å². The van der Waals surface area contributed by atoms with Gasteiger partial charge in [0.25, 0.3) is 0 Å². The van der Waals surface area contributed by atoms with Crippen molar-refractivity contribution in [2.45, 2.75) is 0 Å². The lowest BCUT2D eigenvalue weighted by Crippen LogP contribution is -2.07. The van der Waals surface area contributed by atoms with Crippen molar-refractivity contribution >= 4 is 29.1 Å². The summed E-state index contributed by atoms with van der Waals surface area (Å²) in [6.45, 7) is 3.79. The molecule has 0 heterocycles. The Kier molecular flexibility index (Phi) is 4.01. The van der Waals surface area contributed by atoms with Crippen molar-refractivity contribution < 1.29 is 9.53 Å². The second-order valence-electron chi connectivity index (χ2n) is 2.61. The zero-order valence-corrected chi connectivity index (χ0v) is 8.42. The summed E-state index contributed by atoms with van der Waals surface area (Å²) >= 11 is 4.54. The molecule has 0 unspecified atom stereocenters. The summed E-state index contributed by atoms with van der Waals surface area (Å²) in [6.07, 6.45) is 0. The van der Waals surface area contributed by atoms with Crippen molar-refractivity contribution in [1.29, 1.82) is 0 Å². The second kappa shape index (κ2) is 5.29. The number of carbonyl (C=O) groups excluding carboxylic acids is 1. The molecule has 3 heteroatoms. The zero-order chi connectivity index (χ0) is 10.4. The van der Waals surface area contributed by atoms with E-state index in [1.165, 1.54) is 5.37 Å². The lowest BCUT2D eigenvalue weighted by atomic mass is 10.1. The van der Waals surface area contributed by atoms with E-state index in [1.807, 2.05) is 18.2 Å². The van der Waals surface area contributed by atoms with Crippen LogP contribution in [-0.4, -0.2) is 17.9 Å². The minimum atomic E-state index is -0.433. The molecular formula is C11H10O2S. The van der Waals surface area contributed by atoms with E-state index in [0.717, 1.165) is 5.56 Å². The van der Waals surface area contributed by atoms with Crippen LogP contribution >= 0.6 is 12.2 Å². The topological polar surface area (TPSA) is 26.3 Å². The SMILES string of the molecule is C=C(C(=O)OCC=S)c1ccccc1. The minimum absolute atomic E-state index is 0.139. The normalized spacial score (nSPS) is 9.14. The monoisotopic (exact) mass is 206 g/mol. The van der Waals surface area contributed by atoms with Gasteiger partial charge in [0.05, 0.1) is 5.57 Å². The molecule has 72 valence electrons. The van der Waals surface area contributed by atoms with Gasteiger partial charge in [0, 0.05) is 5.37 Å². The van der Waals surface area contributed by atoms with Crippen molar-refractivity contribution in [3.63, 3.8) is 0 Å². The summed E-state index contributed by atoms with van der Waals surface area (Å²) in [4.78, 5) is 11.3. The molecule has 0 bridgehead atoms. The van der Waals surface area contributed by atoms with Gasteiger partial charge in [-0.25, -0.2) is 4.79 Å². The summed E-state index contributed by atoms with van der Waals surface area (Å²) in [5, 5.41) is 1.36. The Morgan fingerprint density at radius 1 is 1.43 bits per heavy atom. The maximum Gasteiger partial charge on any atom is 0.338 e. The van der Waals surface area contributed by atoms with E-state index >= 15 is 0 Å². The van der Waals surface area contributed by atoms with Gasteiger partial charge in [-0.1, -0.05) is 49.1 Å². The number of rotatable bonds is 4. The molecule has 0 aromatic heterocycles. The van der Waals surface area contributed by atoms with Crippen molar-refractivity contribution in [3.05, 3.63) is 42.5 Å². The third kappa shape index (κ3) is 2.78. The Morgan fingerprint density at radius 3 is 2.64 bits per heavy atom. The van der Waals surface area contributed by atoms with Gasteiger partial charge in [-0.05, 0) is 5.56 Å². The van der Waals surface area contributed by atoms with Crippen LogP contribution in [0, 0.1) is 0 Å². The molecule has 0 amide bonds. The second-order valence-corrected chi connectivity index (χ2v) is 2.94. The first-order valence-corrected chi connectivity index (χ1v) is 4.58. The quantitative estimate of drug-likeness (QED) is 0.429. The highest BCUT2D eigenvalue weighted by molar-refractivity contribution is 7.79. The van der Waals surface area contributed by atoms with E-state index in [4.69, 9.17) is 4.74 Å². The molecule has 1 aromatic rings. The molecule has 1 rings (SSSR count). The number of esters is 1. The highest BCUT2D eigenvalue weighted by atomic mass is 32.1. The van der Waals surface area contributed by atoms with Gasteiger partial charge in [-0.3, -0.25) is 0 Å². The van der Waals surface area contributed by atoms with E-state index in [1.54, 1.807) is 12.1 Å². The first-order chi connectivity index (χ1) is 6.75. The van der Waals surface area contributed by atoms with Gasteiger partial charge in [-0.2, -0.15) is 0 Å². The molecular weight excluding hydrogens is 196 g/mol. The average Bonchev–Trinajstić information content (AvgIpc) is 2.26. The van der Waals surface area contributed by atoms with Crippen LogP contribution in [0.25, 0.3) is 5.57 Å². The highest BCUT2D eigenvalue weighted by Crippen LogP contribution is 2.12. The molecule has 0 atom stereocenters. The molecule has 0 saturated heterocycles. The molecule has 0 spiro atoms. The van der Waals surface area contributed by atoms with E-state index in [0.29, 0.717) is 5.57 Å².